The first-order valence-corrected chi connectivity index (χ1v) is 5.88. The summed E-state index contributed by atoms with van der Waals surface area (Å²) < 4.78 is 12.9. The van der Waals surface area contributed by atoms with Crippen LogP contribution in [-0.2, 0) is 0 Å². The lowest BCUT2D eigenvalue weighted by Gasteiger charge is -2.20. The SMILES string of the molecule is CCN(C(=O)c1cc[nH]c(=O)c1)c1ccc(F)cc1. The molecular weight excluding hydrogens is 247 g/mol. The third kappa shape index (κ3) is 2.88. The van der Waals surface area contributed by atoms with Crippen LogP contribution in [0.4, 0.5) is 10.1 Å². The molecule has 1 heterocycles. The van der Waals surface area contributed by atoms with Crippen LogP contribution in [-0.4, -0.2) is 17.4 Å². The molecule has 1 amide bonds. The van der Waals surface area contributed by atoms with Crippen LogP contribution in [0.5, 0.6) is 0 Å². The molecule has 0 saturated heterocycles. The maximum Gasteiger partial charge on any atom is 0.258 e. The molecule has 0 bridgehead atoms. The van der Waals surface area contributed by atoms with Gasteiger partial charge < -0.3 is 9.88 Å². The zero-order chi connectivity index (χ0) is 13.8. The number of amides is 1. The zero-order valence-corrected chi connectivity index (χ0v) is 10.4. The standard InChI is InChI=1S/C14H13FN2O2/c1-2-17(12-5-3-11(15)4-6-12)14(19)10-7-8-16-13(18)9-10/h3-9H,2H2,1H3,(H,16,18). The van der Waals surface area contributed by atoms with Crippen molar-refractivity contribution in [2.24, 2.45) is 0 Å². The van der Waals surface area contributed by atoms with Gasteiger partial charge in [-0.1, -0.05) is 0 Å². The Labute approximate surface area is 109 Å². The highest BCUT2D eigenvalue weighted by Gasteiger charge is 2.16. The minimum absolute atomic E-state index is 0.291. The molecule has 0 unspecified atom stereocenters. The number of aromatic amines is 1. The molecule has 0 radical (unpaired) electrons. The fourth-order valence-electron chi connectivity index (χ4n) is 1.80. The zero-order valence-electron chi connectivity index (χ0n) is 10.4. The number of rotatable bonds is 3. The molecule has 0 saturated carbocycles. The third-order valence-corrected chi connectivity index (χ3v) is 2.72. The van der Waals surface area contributed by atoms with Gasteiger partial charge in [0, 0.05) is 30.1 Å². The summed E-state index contributed by atoms with van der Waals surface area (Å²) in [5, 5.41) is 0. The topological polar surface area (TPSA) is 53.2 Å². The average Bonchev–Trinajstić information content (AvgIpc) is 2.41. The number of nitrogens with one attached hydrogen (secondary N) is 1. The minimum Gasteiger partial charge on any atom is -0.329 e. The van der Waals surface area contributed by atoms with E-state index in [4.69, 9.17) is 0 Å². The first-order valence-electron chi connectivity index (χ1n) is 5.88. The second-order valence-corrected chi connectivity index (χ2v) is 3.97. The van der Waals surface area contributed by atoms with Crippen molar-refractivity contribution in [1.82, 2.24) is 4.98 Å². The van der Waals surface area contributed by atoms with Crippen molar-refractivity contribution >= 4 is 11.6 Å². The summed E-state index contributed by atoms with van der Waals surface area (Å²) in [5.41, 5.74) is 0.560. The monoisotopic (exact) mass is 260 g/mol. The van der Waals surface area contributed by atoms with Crippen molar-refractivity contribution in [2.45, 2.75) is 6.92 Å². The lowest BCUT2D eigenvalue weighted by Crippen LogP contribution is -2.31. The summed E-state index contributed by atoms with van der Waals surface area (Å²) in [6.45, 7) is 2.24. The van der Waals surface area contributed by atoms with Crippen molar-refractivity contribution < 1.29 is 9.18 Å². The van der Waals surface area contributed by atoms with Gasteiger partial charge in [-0.25, -0.2) is 4.39 Å². The van der Waals surface area contributed by atoms with E-state index in [1.807, 2.05) is 6.92 Å². The van der Waals surface area contributed by atoms with E-state index in [-0.39, 0.29) is 17.3 Å². The number of nitrogens with zero attached hydrogens (tertiary/aromatic N) is 1. The van der Waals surface area contributed by atoms with Crippen LogP contribution in [0.25, 0.3) is 0 Å². The van der Waals surface area contributed by atoms with Crippen LogP contribution in [0.3, 0.4) is 0 Å². The van der Waals surface area contributed by atoms with Crippen molar-refractivity contribution in [1.29, 1.82) is 0 Å². The maximum atomic E-state index is 12.9. The van der Waals surface area contributed by atoms with Crippen molar-refractivity contribution in [3.05, 3.63) is 64.3 Å². The Bertz CT molecular complexity index is 634. The molecule has 1 N–H and O–H groups in total. The van der Waals surface area contributed by atoms with Gasteiger partial charge in [-0.2, -0.15) is 0 Å². The van der Waals surface area contributed by atoms with Gasteiger partial charge >= 0.3 is 0 Å². The molecule has 5 heteroatoms. The number of pyridine rings is 1. The Hall–Kier alpha value is -2.43. The van der Waals surface area contributed by atoms with E-state index in [1.165, 1.54) is 47.5 Å². The predicted octanol–water partition coefficient (Wildman–Crippen LogP) is 2.18. The number of halogens is 1. The van der Waals surface area contributed by atoms with Gasteiger partial charge in [0.25, 0.3) is 5.91 Å². The largest absolute Gasteiger partial charge is 0.329 e. The number of H-pyrrole nitrogens is 1. The smallest absolute Gasteiger partial charge is 0.258 e. The second-order valence-electron chi connectivity index (χ2n) is 3.97. The van der Waals surface area contributed by atoms with Gasteiger partial charge in [0.2, 0.25) is 5.56 Å². The maximum absolute atomic E-state index is 12.9. The van der Waals surface area contributed by atoms with E-state index in [1.54, 1.807) is 0 Å². The number of benzene rings is 1. The highest BCUT2D eigenvalue weighted by Crippen LogP contribution is 2.17. The van der Waals surface area contributed by atoms with E-state index in [2.05, 4.69) is 4.98 Å². The molecule has 2 aromatic rings. The first kappa shape index (κ1) is 13.0. The minimum atomic E-state index is -0.358. The summed E-state index contributed by atoms with van der Waals surface area (Å²) in [6, 6.07) is 8.43. The molecule has 0 aliphatic rings. The van der Waals surface area contributed by atoms with E-state index in [9.17, 15) is 14.0 Å². The lowest BCUT2D eigenvalue weighted by molar-refractivity contribution is 0.0988. The summed E-state index contributed by atoms with van der Waals surface area (Å²) in [7, 11) is 0. The number of hydrogen-bond donors (Lipinski definition) is 1. The summed E-state index contributed by atoms with van der Waals surface area (Å²) >= 11 is 0. The Morgan fingerprint density at radius 1 is 1.26 bits per heavy atom. The van der Waals surface area contributed by atoms with Gasteiger partial charge in [-0.15, -0.1) is 0 Å². The second kappa shape index (κ2) is 5.48. The molecular formula is C14H13FN2O2. The molecule has 0 aliphatic carbocycles. The Morgan fingerprint density at radius 2 is 1.95 bits per heavy atom. The van der Waals surface area contributed by atoms with E-state index in [0.717, 1.165) is 0 Å². The third-order valence-electron chi connectivity index (χ3n) is 2.72. The number of anilines is 1. The molecule has 98 valence electrons. The van der Waals surface area contributed by atoms with Gasteiger partial charge in [-0.3, -0.25) is 9.59 Å². The lowest BCUT2D eigenvalue weighted by atomic mass is 10.2. The number of hydrogen-bond acceptors (Lipinski definition) is 2. The molecule has 0 atom stereocenters. The Morgan fingerprint density at radius 3 is 2.53 bits per heavy atom. The molecule has 19 heavy (non-hydrogen) atoms. The van der Waals surface area contributed by atoms with E-state index in [0.29, 0.717) is 17.8 Å². The van der Waals surface area contributed by atoms with Crippen LogP contribution < -0.4 is 10.5 Å². The van der Waals surface area contributed by atoms with Gasteiger partial charge in [0.15, 0.2) is 0 Å². The average molecular weight is 260 g/mol. The quantitative estimate of drug-likeness (QED) is 0.919. The van der Waals surface area contributed by atoms with Gasteiger partial charge in [-0.05, 0) is 37.3 Å². The van der Waals surface area contributed by atoms with E-state index < -0.39 is 0 Å². The fourth-order valence-corrected chi connectivity index (χ4v) is 1.80. The number of aromatic nitrogens is 1. The number of carbonyl (C=O) groups is 1. The highest BCUT2D eigenvalue weighted by molar-refractivity contribution is 6.05. The first-order chi connectivity index (χ1) is 9.11. The molecule has 1 aromatic carbocycles. The predicted molar refractivity (Wildman–Crippen MR) is 70.8 cm³/mol. The van der Waals surface area contributed by atoms with Crippen LogP contribution >= 0.6 is 0 Å². The van der Waals surface area contributed by atoms with Crippen molar-refractivity contribution in [3.63, 3.8) is 0 Å². The van der Waals surface area contributed by atoms with Crippen LogP contribution in [0.1, 0.15) is 17.3 Å². The normalized spacial score (nSPS) is 10.2. The molecule has 0 spiro atoms. The molecule has 2 rings (SSSR count). The van der Waals surface area contributed by atoms with Crippen molar-refractivity contribution in [3.8, 4) is 0 Å². The molecule has 0 aliphatic heterocycles. The Kier molecular flexibility index (Phi) is 3.75. The van der Waals surface area contributed by atoms with Crippen LogP contribution in [0.2, 0.25) is 0 Å². The van der Waals surface area contributed by atoms with Gasteiger partial charge in [0.05, 0.1) is 0 Å². The van der Waals surface area contributed by atoms with E-state index >= 15 is 0 Å². The van der Waals surface area contributed by atoms with Crippen molar-refractivity contribution in [2.75, 3.05) is 11.4 Å². The molecule has 1 aromatic heterocycles. The molecule has 4 nitrogen and oxygen atoms in total. The number of carbonyl (C=O) groups excluding carboxylic acids is 1. The van der Waals surface area contributed by atoms with Gasteiger partial charge in [0.1, 0.15) is 5.82 Å². The fraction of sp³-hybridized carbons (Fsp3) is 0.143. The summed E-state index contributed by atoms with van der Waals surface area (Å²) in [6.07, 6.45) is 1.42. The van der Waals surface area contributed by atoms with Crippen LogP contribution in [0.15, 0.2) is 47.4 Å². The Balaban J connectivity index is 2.34. The highest BCUT2D eigenvalue weighted by atomic mass is 19.1. The summed E-state index contributed by atoms with van der Waals surface area (Å²) in [5.74, 6) is -0.649. The molecule has 0 fully saturated rings. The van der Waals surface area contributed by atoms with Crippen LogP contribution in [0, 0.1) is 5.82 Å². The summed E-state index contributed by atoms with van der Waals surface area (Å²) in [4.78, 5) is 27.4.